The zero-order valence-electron chi connectivity index (χ0n) is 8.14. The van der Waals surface area contributed by atoms with Gasteiger partial charge >= 0.3 is 0 Å². The lowest BCUT2D eigenvalue weighted by atomic mass is 9.92. The van der Waals surface area contributed by atoms with Crippen molar-refractivity contribution >= 4 is 0 Å². The second-order valence-corrected chi connectivity index (χ2v) is 3.45. The molecular formula is C11H14O3. The van der Waals surface area contributed by atoms with Crippen molar-refractivity contribution in [1.29, 1.82) is 0 Å². The molecule has 2 rings (SSSR count). The minimum absolute atomic E-state index is 0.0636. The molecule has 1 aliphatic rings. The van der Waals surface area contributed by atoms with Gasteiger partial charge in [-0.05, 0) is 25.0 Å². The number of aliphatic hydroxyl groups excluding tert-OH is 1. The molecule has 2 atom stereocenters. The summed E-state index contributed by atoms with van der Waals surface area (Å²) in [5.74, 6) is 1.42. The van der Waals surface area contributed by atoms with Gasteiger partial charge in [0.2, 0.25) is 0 Å². The van der Waals surface area contributed by atoms with Crippen LogP contribution in [-0.2, 0) is 0 Å². The van der Waals surface area contributed by atoms with E-state index in [9.17, 15) is 5.11 Å². The molecule has 3 nitrogen and oxygen atoms in total. The summed E-state index contributed by atoms with van der Waals surface area (Å²) in [6, 6.07) is 7.48. The fourth-order valence-corrected chi connectivity index (χ4v) is 1.47. The summed E-state index contributed by atoms with van der Waals surface area (Å²) in [6.07, 6.45) is 1.37. The maximum Gasteiger partial charge on any atom is 0.161 e. The van der Waals surface area contributed by atoms with Gasteiger partial charge in [0.1, 0.15) is 6.10 Å². The third kappa shape index (κ3) is 1.68. The van der Waals surface area contributed by atoms with Crippen molar-refractivity contribution in [3.05, 3.63) is 24.3 Å². The summed E-state index contributed by atoms with van der Waals surface area (Å²) >= 11 is 0. The van der Waals surface area contributed by atoms with Gasteiger partial charge in [-0.15, -0.1) is 0 Å². The van der Waals surface area contributed by atoms with Gasteiger partial charge in [-0.1, -0.05) is 12.1 Å². The third-order valence-electron chi connectivity index (χ3n) is 2.52. The number of rotatable bonds is 3. The first-order chi connectivity index (χ1) is 6.81. The van der Waals surface area contributed by atoms with Gasteiger partial charge in [-0.3, -0.25) is 0 Å². The van der Waals surface area contributed by atoms with Crippen LogP contribution in [0.1, 0.15) is 12.8 Å². The average molecular weight is 194 g/mol. The Balaban J connectivity index is 2.07. The fraction of sp³-hybridized carbons (Fsp3) is 0.455. The van der Waals surface area contributed by atoms with Gasteiger partial charge in [-0.2, -0.15) is 0 Å². The molecule has 0 radical (unpaired) electrons. The van der Waals surface area contributed by atoms with Crippen molar-refractivity contribution in [3.8, 4) is 11.5 Å². The van der Waals surface area contributed by atoms with Crippen molar-refractivity contribution in [2.24, 2.45) is 0 Å². The second kappa shape index (κ2) is 3.88. The van der Waals surface area contributed by atoms with Gasteiger partial charge in [0.15, 0.2) is 11.5 Å². The van der Waals surface area contributed by atoms with Crippen LogP contribution in [0.3, 0.4) is 0 Å². The molecule has 1 aliphatic carbocycles. The van der Waals surface area contributed by atoms with Crippen LogP contribution in [0.15, 0.2) is 24.3 Å². The molecule has 0 amide bonds. The molecule has 0 spiro atoms. The summed E-state index contributed by atoms with van der Waals surface area (Å²) in [5.41, 5.74) is 0. The Hall–Kier alpha value is -1.22. The van der Waals surface area contributed by atoms with Crippen LogP contribution in [-0.4, -0.2) is 24.4 Å². The largest absolute Gasteiger partial charge is 0.493 e. The maximum atomic E-state index is 9.37. The molecule has 3 heteroatoms. The number of para-hydroxylation sites is 2. The quantitative estimate of drug-likeness (QED) is 0.794. The highest BCUT2D eigenvalue weighted by Gasteiger charge is 2.31. The van der Waals surface area contributed by atoms with E-state index >= 15 is 0 Å². The minimum Gasteiger partial charge on any atom is -0.493 e. The molecule has 1 fully saturated rings. The summed E-state index contributed by atoms with van der Waals surface area (Å²) in [6.45, 7) is 0. The van der Waals surface area contributed by atoms with Gasteiger partial charge in [0, 0.05) is 0 Å². The molecular weight excluding hydrogens is 180 g/mol. The highest BCUT2D eigenvalue weighted by molar-refractivity contribution is 5.39. The van der Waals surface area contributed by atoms with Crippen molar-refractivity contribution in [2.45, 2.75) is 25.0 Å². The van der Waals surface area contributed by atoms with Gasteiger partial charge in [0.25, 0.3) is 0 Å². The molecule has 1 aromatic rings. The molecule has 76 valence electrons. The zero-order valence-corrected chi connectivity index (χ0v) is 8.14. The molecule has 0 aliphatic heterocycles. The molecule has 1 N–H and O–H groups in total. The lowest BCUT2D eigenvalue weighted by molar-refractivity contribution is -0.0371. The van der Waals surface area contributed by atoms with E-state index in [1.165, 1.54) is 0 Å². The van der Waals surface area contributed by atoms with E-state index in [0.29, 0.717) is 11.5 Å². The topological polar surface area (TPSA) is 38.7 Å². The highest BCUT2D eigenvalue weighted by Crippen LogP contribution is 2.31. The Morgan fingerprint density at radius 1 is 1.21 bits per heavy atom. The lowest BCUT2D eigenvalue weighted by Crippen LogP contribution is -2.41. The van der Waals surface area contributed by atoms with E-state index in [4.69, 9.17) is 9.47 Å². The van der Waals surface area contributed by atoms with Crippen molar-refractivity contribution < 1.29 is 14.6 Å². The van der Waals surface area contributed by atoms with Gasteiger partial charge < -0.3 is 14.6 Å². The maximum absolute atomic E-state index is 9.37. The number of ether oxygens (including phenoxy) is 2. The van der Waals surface area contributed by atoms with Crippen molar-refractivity contribution in [2.75, 3.05) is 7.11 Å². The first kappa shape index (κ1) is 9.34. The van der Waals surface area contributed by atoms with E-state index in [-0.39, 0.29) is 12.2 Å². The molecule has 0 unspecified atom stereocenters. The molecule has 0 bridgehead atoms. The molecule has 14 heavy (non-hydrogen) atoms. The average Bonchev–Trinajstić information content (AvgIpc) is 2.24. The fourth-order valence-electron chi connectivity index (χ4n) is 1.47. The summed E-state index contributed by atoms with van der Waals surface area (Å²) in [5, 5.41) is 9.37. The number of aliphatic hydroxyl groups is 1. The number of hydrogen-bond acceptors (Lipinski definition) is 3. The Kier molecular flexibility index (Phi) is 2.59. The van der Waals surface area contributed by atoms with E-state index in [2.05, 4.69) is 0 Å². The molecule has 1 saturated carbocycles. The number of hydrogen-bond donors (Lipinski definition) is 1. The Labute approximate surface area is 83.3 Å². The minimum atomic E-state index is -0.320. The predicted octanol–water partition coefficient (Wildman–Crippen LogP) is 1.60. The monoisotopic (exact) mass is 194 g/mol. The van der Waals surface area contributed by atoms with Crippen LogP contribution >= 0.6 is 0 Å². The Bertz CT molecular complexity index is 311. The van der Waals surface area contributed by atoms with Gasteiger partial charge in [-0.25, -0.2) is 0 Å². The molecule has 0 heterocycles. The highest BCUT2D eigenvalue weighted by atomic mass is 16.5. The van der Waals surface area contributed by atoms with E-state index in [1.807, 2.05) is 24.3 Å². The van der Waals surface area contributed by atoms with Crippen LogP contribution in [0.4, 0.5) is 0 Å². The van der Waals surface area contributed by atoms with Gasteiger partial charge in [0.05, 0.1) is 13.2 Å². The molecule has 1 aromatic carbocycles. The van der Waals surface area contributed by atoms with Crippen LogP contribution < -0.4 is 9.47 Å². The molecule has 0 saturated heterocycles. The summed E-state index contributed by atoms with van der Waals surface area (Å²) in [4.78, 5) is 0. The second-order valence-electron chi connectivity index (χ2n) is 3.45. The third-order valence-corrected chi connectivity index (χ3v) is 2.52. The Morgan fingerprint density at radius 2 is 1.93 bits per heavy atom. The molecule has 0 aromatic heterocycles. The Morgan fingerprint density at radius 3 is 2.43 bits per heavy atom. The number of benzene rings is 1. The SMILES string of the molecule is COc1ccccc1O[C@@H]1CC[C@H]1O. The standard InChI is InChI=1S/C11H14O3/c1-13-10-4-2-3-5-11(10)14-9-7-6-8(9)12/h2-5,8-9,12H,6-7H2,1H3/t8-,9-/m1/s1. The smallest absolute Gasteiger partial charge is 0.161 e. The van der Waals surface area contributed by atoms with Crippen molar-refractivity contribution in [1.82, 2.24) is 0 Å². The van der Waals surface area contributed by atoms with E-state index in [0.717, 1.165) is 12.8 Å². The summed E-state index contributed by atoms with van der Waals surface area (Å²) in [7, 11) is 1.61. The van der Waals surface area contributed by atoms with Crippen LogP contribution in [0.5, 0.6) is 11.5 Å². The predicted molar refractivity (Wildman–Crippen MR) is 52.7 cm³/mol. The van der Waals surface area contributed by atoms with E-state index < -0.39 is 0 Å². The first-order valence-electron chi connectivity index (χ1n) is 4.79. The van der Waals surface area contributed by atoms with Crippen molar-refractivity contribution in [3.63, 3.8) is 0 Å². The van der Waals surface area contributed by atoms with Crippen LogP contribution in [0.2, 0.25) is 0 Å². The summed E-state index contributed by atoms with van der Waals surface area (Å²) < 4.78 is 10.8. The first-order valence-corrected chi connectivity index (χ1v) is 4.79. The normalized spacial score (nSPS) is 25.3. The lowest BCUT2D eigenvalue weighted by Gasteiger charge is -2.32. The zero-order chi connectivity index (χ0) is 9.97. The number of methoxy groups -OCH3 is 1. The van der Waals surface area contributed by atoms with E-state index in [1.54, 1.807) is 7.11 Å². The van der Waals surface area contributed by atoms with Crippen LogP contribution in [0.25, 0.3) is 0 Å². The van der Waals surface area contributed by atoms with Crippen LogP contribution in [0, 0.1) is 0 Å².